The Morgan fingerprint density at radius 2 is 2.18 bits per heavy atom. The number of H-pyrrole nitrogens is 1. The maximum absolute atomic E-state index is 13.1. The monoisotopic (exact) mass is 381 g/mol. The van der Waals surface area contributed by atoms with Gasteiger partial charge in [-0.15, -0.1) is 0 Å². The van der Waals surface area contributed by atoms with Crippen molar-refractivity contribution in [2.45, 2.75) is 45.2 Å². The third-order valence-corrected chi connectivity index (χ3v) is 6.02. The lowest BCUT2D eigenvalue weighted by molar-refractivity contribution is 0.0630. The van der Waals surface area contributed by atoms with Gasteiger partial charge in [0.1, 0.15) is 18.1 Å². The molecule has 2 unspecified atom stereocenters. The fourth-order valence-corrected chi connectivity index (χ4v) is 4.51. The maximum Gasteiger partial charge on any atom is 0.270 e. The van der Waals surface area contributed by atoms with Crippen LogP contribution in [0.15, 0.2) is 35.1 Å². The van der Waals surface area contributed by atoms with Gasteiger partial charge < -0.3 is 24.4 Å². The molecule has 1 amide bonds. The highest BCUT2D eigenvalue weighted by atomic mass is 16.5. The molecule has 0 saturated carbocycles. The highest BCUT2D eigenvalue weighted by Gasteiger charge is 2.31. The molecule has 7 nitrogen and oxygen atoms in total. The van der Waals surface area contributed by atoms with Gasteiger partial charge in [0.15, 0.2) is 11.6 Å². The van der Waals surface area contributed by atoms with Gasteiger partial charge in [-0.1, -0.05) is 0 Å². The second-order valence-electron chi connectivity index (χ2n) is 8.11. The summed E-state index contributed by atoms with van der Waals surface area (Å²) in [6.45, 7) is 7.35. The van der Waals surface area contributed by atoms with Crippen LogP contribution in [0, 0.1) is 0 Å². The van der Waals surface area contributed by atoms with Crippen LogP contribution in [0.1, 0.15) is 43.6 Å². The summed E-state index contributed by atoms with van der Waals surface area (Å²) in [7, 11) is 0. The minimum absolute atomic E-state index is 0.0680. The molecular weight excluding hydrogens is 354 g/mol. The van der Waals surface area contributed by atoms with Crippen molar-refractivity contribution < 1.29 is 9.53 Å². The summed E-state index contributed by atoms with van der Waals surface area (Å²) in [6.07, 6.45) is 9.67. The van der Waals surface area contributed by atoms with E-state index in [9.17, 15) is 4.79 Å². The molecule has 0 aliphatic carbocycles. The van der Waals surface area contributed by atoms with Crippen LogP contribution in [0.5, 0.6) is 5.75 Å². The van der Waals surface area contributed by atoms with Crippen molar-refractivity contribution in [3.63, 3.8) is 0 Å². The number of aliphatic imine (C=N–C) groups is 1. The second-order valence-corrected chi connectivity index (χ2v) is 8.11. The number of rotatable bonds is 2. The van der Waals surface area contributed by atoms with Gasteiger partial charge in [-0.05, 0) is 39.2 Å². The average Bonchev–Trinajstić information content (AvgIpc) is 3.29. The fourth-order valence-electron chi connectivity index (χ4n) is 4.51. The first-order valence-corrected chi connectivity index (χ1v) is 10.3. The zero-order valence-electron chi connectivity index (χ0n) is 16.5. The van der Waals surface area contributed by atoms with E-state index < -0.39 is 0 Å². The van der Waals surface area contributed by atoms with E-state index in [1.54, 1.807) is 0 Å². The number of allylic oxidation sites excluding steroid dienone is 1. The van der Waals surface area contributed by atoms with Crippen molar-refractivity contribution in [3.8, 4) is 5.75 Å². The van der Waals surface area contributed by atoms with E-state index >= 15 is 0 Å². The van der Waals surface area contributed by atoms with E-state index in [2.05, 4.69) is 47.0 Å². The largest absolute Gasteiger partial charge is 0.488 e. The summed E-state index contributed by atoms with van der Waals surface area (Å²) >= 11 is 0. The van der Waals surface area contributed by atoms with Crippen molar-refractivity contribution in [1.29, 1.82) is 0 Å². The number of aromatic amines is 1. The fraction of sp³-hybridized carbons (Fsp3) is 0.524. The number of amidine groups is 1. The van der Waals surface area contributed by atoms with Crippen molar-refractivity contribution in [1.82, 2.24) is 14.8 Å². The molecule has 0 radical (unpaired) electrons. The maximum atomic E-state index is 13.1. The number of carbonyl (C=O) groups excluding carboxylic acids is 1. The molecule has 4 aliphatic heterocycles. The van der Waals surface area contributed by atoms with Crippen LogP contribution in [0.3, 0.4) is 0 Å². The molecular formula is C21H27N5O2. The molecule has 0 bridgehead atoms. The molecule has 2 atom stereocenters. The molecule has 148 valence electrons. The number of piperidine rings is 1. The number of ether oxygens (including phenoxy) is 1. The van der Waals surface area contributed by atoms with Gasteiger partial charge in [-0.25, -0.2) is 0 Å². The molecule has 1 aromatic rings. The molecule has 0 spiro atoms. The quantitative estimate of drug-likeness (QED) is 0.856. The zero-order chi connectivity index (χ0) is 19.3. The lowest BCUT2D eigenvalue weighted by atomic mass is 10.0. The Kier molecular flexibility index (Phi) is 4.18. The Hall–Kier alpha value is -2.70. The summed E-state index contributed by atoms with van der Waals surface area (Å²) in [5, 5.41) is 0. The zero-order valence-corrected chi connectivity index (χ0v) is 16.5. The van der Waals surface area contributed by atoms with Gasteiger partial charge in [-0.3, -0.25) is 9.79 Å². The van der Waals surface area contributed by atoms with Crippen LogP contribution in [0.4, 0.5) is 5.82 Å². The SMILES string of the molecule is CC1CN2C=CC(N3CCOc4cc(C(=O)N5CCCCC5C)[nH]c43)=CC2=N1. The van der Waals surface area contributed by atoms with Gasteiger partial charge in [0, 0.05) is 43.2 Å². The number of aromatic nitrogens is 1. The molecule has 1 saturated heterocycles. The van der Waals surface area contributed by atoms with E-state index in [4.69, 9.17) is 9.73 Å². The van der Waals surface area contributed by atoms with Crippen LogP contribution in [-0.4, -0.2) is 64.9 Å². The molecule has 4 aliphatic rings. The minimum Gasteiger partial charge on any atom is -0.488 e. The Morgan fingerprint density at radius 1 is 1.29 bits per heavy atom. The summed E-state index contributed by atoms with van der Waals surface area (Å²) in [6, 6.07) is 2.47. The van der Waals surface area contributed by atoms with Crippen LogP contribution < -0.4 is 9.64 Å². The summed E-state index contributed by atoms with van der Waals surface area (Å²) < 4.78 is 5.86. The lowest BCUT2D eigenvalue weighted by Gasteiger charge is -2.33. The topological polar surface area (TPSA) is 64.2 Å². The summed E-state index contributed by atoms with van der Waals surface area (Å²) in [5.74, 6) is 2.68. The number of nitrogens with zero attached hydrogens (tertiary/aromatic N) is 4. The van der Waals surface area contributed by atoms with Gasteiger partial charge in [0.25, 0.3) is 5.91 Å². The Bertz CT molecular complexity index is 883. The predicted molar refractivity (Wildman–Crippen MR) is 109 cm³/mol. The minimum atomic E-state index is 0.0680. The number of likely N-dealkylation sites (tertiary alicyclic amines) is 1. The highest BCUT2D eigenvalue weighted by molar-refractivity contribution is 5.98. The summed E-state index contributed by atoms with van der Waals surface area (Å²) in [5.41, 5.74) is 1.68. The number of carbonyl (C=O) groups is 1. The Morgan fingerprint density at radius 3 is 3.04 bits per heavy atom. The molecule has 1 N–H and O–H groups in total. The first kappa shape index (κ1) is 17.4. The molecule has 28 heavy (non-hydrogen) atoms. The number of amides is 1. The second kappa shape index (κ2) is 6.72. The van der Waals surface area contributed by atoms with Crippen LogP contribution in [0.25, 0.3) is 0 Å². The number of fused-ring (bicyclic) bond motifs is 2. The van der Waals surface area contributed by atoms with Crippen LogP contribution >= 0.6 is 0 Å². The Labute approximate surface area is 165 Å². The van der Waals surface area contributed by atoms with Crippen molar-refractivity contribution in [2.24, 2.45) is 4.99 Å². The molecule has 5 heterocycles. The Balaban J connectivity index is 1.43. The van der Waals surface area contributed by atoms with Gasteiger partial charge in [0.05, 0.1) is 12.6 Å². The van der Waals surface area contributed by atoms with E-state index in [1.165, 1.54) is 6.42 Å². The number of nitrogens with one attached hydrogen (secondary N) is 1. The molecule has 7 heteroatoms. The standard InChI is InChI=1S/C21H27N5O2/c1-14-13-24-8-6-16(11-19(24)22-14)26-9-10-28-18-12-17(23-20(18)26)21(27)25-7-4-3-5-15(25)2/h6,8,11-12,14-15,23H,3-5,7,9-10,13H2,1-2H3. The third-order valence-electron chi connectivity index (χ3n) is 6.02. The van der Waals surface area contributed by atoms with Crippen molar-refractivity contribution in [3.05, 3.63) is 35.8 Å². The van der Waals surface area contributed by atoms with E-state index in [0.717, 1.165) is 55.6 Å². The van der Waals surface area contributed by atoms with E-state index in [1.807, 2.05) is 11.0 Å². The molecule has 0 aromatic carbocycles. The van der Waals surface area contributed by atoms with Gasteiger partial charge in [-0.2, -0.15) is 0 Å². The number of hydrogen-bond acceptors (Lipinski definition) is 5. The lowest BCUT2D eigenvalue weighted by Crippen LogP contribution is -2.42. The van der Waals surface area contributed by atoms with E-state index in [-0.39, 0.29) is 11.9 Å². The number of hydrogen-bond donors (Lipinski definition) is 1. The van der Waals surface area contributed by atoms with E-state index in [0.29, 0.717) is 18.3 Å². The van der Waals surface area contributed by atoms with Gasteiger partial charge in [0.2, 0.25) is 0 Å². The first-order chi connectivity index (χ1) is 13.6. The van der Waals surface area contributed by atoms with Crippen LogP contribution in [-0.2, 0) is 0 Å². The molecule has 5 rings (SSSR count). The summed E-state index contributed by atoms with van der Waals surface area (Å²) in [4.78, 5) is 27.5. The molecule has 1 aromatic heterocycles. The predicted octanol–water partition coefficient (Wildman–Crippen LogP) is 2.74. The smallest absolute Gasteiger partial charge is 0.270 e. The van der Waals surface area contributed by atoms with Crippen molar-refractivity contribution in [2.75, 3.05) is 31.1 Å². The third kappa shape index (κ3) is 2.89. The van der Waals surface area contributed by atoms with Gasteiger partial charge >= 0.3 is 0 Å². The number of anilines is 1. The highest BCUT2D eigenvalue weighted by Crippen LogP contribution is 2.36. The first-order valence-electron chi connectivity index (χ1n) is 10.3. The van der Waals surface area contributed by atoms with Crippen LogP contribution in [0.2, 0.25) is 0 Å². The normalized spacial score (nSPS) is 26.4. The van der Waals surface area contributed by atoms with Crippen molar-refractivity contribution >= 4 is 17.6 Å². The molecule has 1 fully saturated rings. The average molecular weight is 381 g/mol.